The summed E-state index contributed by atoms with van der Waals surface area (Å²) >= 11 is 0. The summed E-state index contributed by atoms with van der Waals surface area (Å²) < 4.78 is 2.29. The van der Waals surface area contributed by atoms with E-state index in [2.05, 4.69) is 59.0 Å². The topological polar surface area (TPSA) is 25.2 Å². The standard InChI is InChI=1S/C18H20N2O/c1-13-5-2-3-6-15(13)17-16-7-4-10-19(16)11-12-20(17)18(21)14-8-9-14/h2-7,10,14,17H,8-9,11-12H2,1H3/t17-/m1/s1. The number of nitrogens with zero attached hydrogens (tertiary/aromatic N) is 2. The largest absolute Gasteiger partial charge is 0.348 e. The van der Waals surface area contributed by atoms with Crippen LogP contribution in [0.3, 0.4) is 0 Å². The van der Waals surface area contributed by atoms with E-state index < -0.39 is 0 Å². The molecule has 2 aliphatic rings. The summed E-state index contributed by atoms with van der Waals surface area (Å²) in [5.41, 5.74) is 3.75. The maximum Gasteiger partial charge on any atom is 0.226 e. The van der Waals surface area contributed by atoms with Crippen molar-refractivity contribution in [1.29, 1.82) is 0 Å². The molecule has 1 aromatic carbocycles. The van der Waals surface area contributed by atoms with Crippen molar-refractivity contribution in [3.05, 3.63) is 59.4 Å². The smallest absolute Gasteiger partial charge is 0.226 e. The van der Waals surface area contributed by atoms with E-state index in [1.807, 2.05) is 0 Å². The molecule has 1 aliphatic carbocycles. The van der Waals surface area contributed by atoms with Gasteiger partial charge in [0.2, 0.25) is 5.91 Å². The second-order valence-electron chi connectivity index (χ2n) is 6.19. The van der Waals surface area contributed by atoms with E-state index in [9.17, 15) is 4.79 Å². The Morgan fingerprint density at radius 1 is 1.10 bits per heavy atom. The van der Waals surface area contributed by atoms with Crippen LogP contribution < -0.4 is 0 Å². The van der Waals surface area contributed by atoms with Gasteiger partial charge >= 0.3 is 0 Å². The summed E-state index contributed by atoms with van der Waals surface area (Å²) in [5.74, 6) is 0.619. The molecule has 1 saturated carbocycles. The molecule has 0 spiro atoms. The number of benzene rings is 1. The second-order valence-corrected chi connectivity index (χ2v) is 6.19. The lowest BCUT2D eigenvalue weighted by Crippen LogP contribution is -2.43. The third-order valence-electron chi connectivity index (χ3n) is 4.73. The number of hydrogen-bond donors (Lipinski definition) is 0. The van der Waals surface area contributed by atoms with E-state index in [-0.39, 0.29) is 12.0 Å². The molecule has 1 aliphatic heterocycles. The lowest BCUT2D eigenvalue weighted by Gasteiger charge is -2.38. The molecule has 3 nitrogen and oxygen atoms in total. The van der Waals surface area contributed by atoms with Crippen molar-refractivity contribution in [3.63, 3.8) is 0 Å². The number of aryl methyl sites for hydroxylation is 1. The molecule has 1 amide bonds. The third kappa shape index (κ3) is 2.08. The molecular formula is C18H20N2O. The molecule has 0 N–H and O–H groups in total. The van der Waals surface area contributed by atoms with Gasteiger partial charge in [0.15, 0.2) is 0 Å². The average molecular weight is 280 g/mol. The molecule has 1 fully saturated rings. The highest BCUT2D eigenvalue weighted by Gasteiger charge is 2.39. The molecule has 0 unspecified atom stereocenters. The van der Waals surface area contributed by atoms with Gasteiger partial charge in [0, 0.05) is 30.9 Å². The number of fused-ring (bicyclic) bond motifs is 1. The SMILES string of the molecule is Cc1ccccc1[C@@H]1c2cccn2CCN1C(=O)C1CC1. The number of carbonyl (C=O) groups is 1. The average Bonchev–Trinajstić information content (AvgIpc) is 3.24. The van der Waals surface area contributed by atoms with E-state index in [1.54, 1.807) is 0 Å². The van der Waals surface area contributed by atoms with Crippen molar-refractivity contribution in [2.24, 2.45) is 5.92 Å². The first-order valence-corrected chi connectivity index (χ1v) is 7.77. The van der Waals surface area contributed by atoms with Crippen LogP contribution in [0.2, 0.25) is 0 Å². The minimum atomic E-state index is 0.0723. The van der Waals surface area contributed by atoms with E-state index in [1.165, 1.54) is 16.8 Å². The van der Waals surface area contributed by atoms with Crippen LogP contribution in [0.25, 0.3) is 0 Å². The predicted octanol–water partition coefficient (Wildman–Crippen LogP) is 3.14. The van der Waals surface area contributed by atoms with Crippen molar-refractivity contribution >= 4 is 5.91 Å². The predicted molar refractivity (Wildman–Crippen MR) is 81.9 cm³/mol. The molecule has 21 heavy (non-hydrogen) atoms. The fourth-order valence-corrected chi connectivity index (χ4v) is 3.41. The van der Waals surface area contributed by atoms with Crippen LogP contribution in [0.5, 0.6) is 0 Å². The molecule has 1 atom stereocenters. The van der Waals surface area contributed by atoms with Crippen molar-refractivity contribution < 1.29 is 4.79 Å². The van der Waals surface area contributed by atoms with Crippen LogP contribution in [0, 0.1) is 12.8 Å². The van der Waals surface area contributed by atoms with Crippen LogP contribution in [0.15, 0.2) is 42.6 Å². The molecule has 0 bridgehead atoms. The van der Waals surface area contributed by atoms with Crippen LogP contribution >= 0.6 is 0 Å². The van der Waals surface area contributed by atoms with Gasteiger partial charge < -0.3 is 9.47 Å². The summed E-state index contributed by atoms with van der Waals surface area (Å²) in [7, 11) is 0. The van der Waals surface area contributed by atoms with Crippen LogP contribution in [-0.4, -0.2) is 21.9 Å². The summed E-state index contributed by atoms with van der Waals surface area (Å²) in [6.45, 7) is 3.86. The van der Waals surface area contributed by atoms with Crippen molar-refractivity contribution in [1.82, 2.24) is 9.47 Å². The Morgan fingerprint density at radius 3 is 2.67 bits per heavy atom. The first-order valence-electron chi connectivity index (χ1n) is 7.77. The fourth-order valence-electron chi connectivity index (χ4n) is 3.41. The third-order valence-corrected chi connectivity index (χ3v) is 4.73. The van der Waals surface area contributed by atoms with Crippen LogP contribution in [0.4, 0.5) is 0 Å². The van der Waals surface area contributed by atoms with Crippen LogP contribution in [-0.2, 0) is 11.3 Å². The Labute approximate surface area is 125 Å². The van der Waals surface area contributed by atoms with Crippen molar-refractivity contribution in [3.8, 4) is 0 Å². The van der Waals surface area contributed by atoms with Gasteiger partial charge in [0.1, 0.15) is 0 Å². The van der Waals surface area contributed by atoms with Gasteiger partial charge in [-0.05, 0) is 43.0 Å². The second kappa shape index (κ2) is 4.76. The number of aromatic nitrogens is 1. The van der Waals surface area contributed by atoms with E-state index in [4.69, 9.17) is 0 Å². The summed E-state index contributed by atoms with van der Waals surface area (Å²) in [6.07, 6.45) is 4.26. The first-order chi connectivity index (χ1) is 10.3. The van der Waals surface area contributed by atoms with Gasteiger partial charge in [-0.3, -0.25) is 4.79 Å². The number of carbonyl (C=O) groups excluding carboxylic acids is 1. The zero-order valence-corrected chi connectivity index (χ0v) is 12.3. The molecule has 2 aromatic rings. The van der Waals surface area contributed by atoms with Crippen molar-refractivity contribution in [2.45, 2.75) is 32.4 Å². The molecule has 4 rings (SSSR count). The number of rotatable bonds is 2. The molecule has 108 valence electrons. The van der Waals surface area contributed by atoms with Gasteiger partial charge in [-0.15, -0.1) is 0 Å². The van der Waals surface area contributed by atoms with E-state index >= 15 is 0 Å². The molecule has 0 saturated heterocycles. The highest BCUT2D eigenvalue weighted by Crippen LogP contribution is 2.39. The van der Waals surface area contributed by atoms with Crippen LogP contribution in [0.1, 0.15) is 35.7 Å². The fraction of sp³-hybridized carbons (Fsp3) is 0.389. The maximum atomic E-state index is 12.7. The molecule has 1 aromatic heterocycles. The zero-order chi connectivity index (χ0) is 14.4. The Kier molecular flexibility index (Phi) is 2.88. The van der Waals surface area contributed by atoms with Gasteiger partial charge in [-0.2, -0.15) is 0 Å². The minimum absolute atomic E-state index is 0.0723. The lowest BCUT2D eigenvalue weighted by molar-refractivity contribution is -0.135. The van der Waals surface area contributed by atoms with Gasteiger partial charge in [-0.1, -0.05) is 24.3 Å². The minimum Gasteiger partial charge on any atom is -0.348 e. The molecule has 0 radical (unpaired) electrons. The van der Waals surface area contributed by atoms with Gasteiger partial charge in [0.25, 0.3) is 0 Å². The van der Waals surface area contributed by atoms with Crippen molar-refractivity contribution in [2.75, 3.05) is 6.54 Å². The Morgan fingerprint density at radius 2 is 1.90 bits per heavy atom. The Balaban J connectivity index is 1.81. The maximum absolute atomic E-state index is 12.7. The Hall–Kier alpha value is -2.03. The lowest BCUT2D eigenvalue weighted by atomic mass is 9.95. The quantitative estimate of drug-likeness (QED) is 0.829. The highest BCUT2D eigenvalue weighted by atomic mass is 16.2. The Bertz CT molecular complexity index is 684. The zero-order valence-electron chi connectivity index (χ0n) is 12.3. The summed E-state index contributed by atoms with van der Waals surface area (Å²) in [6, 6.07) is 12.8. The molecule has 2 heterocycles. The summed E-state index contributed by atoms with van der Waals surface area (Å²) in [5, 5.41) is 0. The number of amides is 1. The van der Waals surface area contributed by atoms with Gasteiger partial charge in [-0.25, -0.2) is 0 Å². The monoisotopic (exact) mass is 280 g/mol. The molecular weight excluding hydrogens is 260 g/mol. The normalized spacial score (nSPS) is 21.2. The molecule has 3 heteroatoms. The van der Waals surface area contributed by atoms with Gasteiger partial charge in [0.05, 0.1) is 6.04 Å². The summed E-state index contributed by atoms with van der Waals surface area (Å²) in [4.78, 5) is 14.8. The number of hydrogen-bond acceptors (Lipinski definition) is 1. The van der Waals surface area contributed by atoms with E-state index in [0.717, 1.165) is 25.9 Å². The first kappa shape index (κ1) is 12.7. The highest BCUT2D eigenvalue weighted by molar-refractivity contribution is 5.82. The van der Waals surface area contributed by atoms with E-state index in [0.29, 0.717) is 5.91 Å².